The van der Waals surface area contributed by atoms with Gasteiger partial charge in [0.05, 0.1) is 25.4 Å². The van der Waals surface area contributed by atoms with E-state index in [0.717, 1.165) is 25.1 Å². The van der Waals surface area contributed by atoms with Crippen molar-refractivity contribution in [2.75, 3.05) is 26.4 Å². The van der Waals surface area contributed by atoms with Crippen molar-refractivity contribution in [3.8, 4) is 5.75 Å². The molecule has 0 radical (unpaired) electrons. The van der Waals surface area contributed by atoms with Crippen molar-refractivity contribution in [3.63, 3.8) is 0 Å². The van der Waals surface area contributed by atoms with Gasteiger partial charge in [0.2, 0.25) is 0 Å². The van der Waals surface area contributed by atoms with Crippen LogP contribution in [0.25, 0.3) is 0 Å². The van der Waals surface area contributed by atoms with Crippen LogP contribution in [-0.2, 0) is 9.47 Å². The second-order valence-electron chi connectivity index (χ2n) is 5.76. The van der Waals surface area contributed by atoms with Crippen LogP contribution in [0, 0.1) is 0 Å². The lowest BCUT2D eigenvalue weighted by Gasteiger charge is -2.16. The van der Waals surface area contributed by atoms with Crippen LogP contribution in [0.3, 0.4) is 0 Å². The van der Waals surface area contributed by atoms with E-state index in [1.165, 1.54) is 0 Å². The predicted octanol–water partition coefficient (Wildman–Crippen LogP) is 2.63. The topological polar surface area (TPSA) is 39.7 Å². The van der Waals surface area contributed by atoms with Crippen molar-refractivity contribution < 1.29 is 14.2 Å². The van der Waals surface area contributed by atoms with Crippen LogP contribution in [0.15, 0.2) is 30.3 Å². The number of rotatable bonds is 9. The van der Waals surface area contributed by atoms with Crippen LogP contribution >= 0.6 is 0 Å². The number of hydrogen-bond donors (Lipinski definition) is 1. The van der Waals surface area contributed by atoms with E-state index in [0.29, 0.717) is 32.0 Å². The van der Waals surface area contributed by atoms with Crippen molar-refractivity contribution in [1.29, 1.82) is 0 Å². The Hall–Kier alpha value is -1.10. The summed E-state index contributed by atoms with van der Waals surface area (Å²) in [5.74, 6) is 0.887. The summed E-state index contributed by atoms with van der Waals surface area (Å²) in [6.07, 6.45) is 2.78. The molecule has 1 saturated heterocycles. The maximum Gasteiger partial charge on any atom is 0.119 e. The van der Waals surface area contributed by atoms with Crippen molar-refractivity contribution >= 4 is 0 Å². The summed E-state index contributed by atoms with van der Waals surface area (Å²) in [4.78, 5) is 0. The summed E-state index contributed by atoms with van der Waals surface area (Å²) in [5, 5.41) is 3.42. The number of para-hydroxylation sites is 1. The summed E-state index contributed by atoms with van der Waals surface area (Å²) in [6, 6.07) is 10.3. The Balaban J connectivity index is 1.50. The summed E-state index contributed by atoms with van der Waals surface area (Å²) in [6.45, 7) is 7.09. The third-order valence-corrected chi connectivity index (χ3v) is 3.49. The normalized spacial score (nSPS) is 21.9. The predicted molar refractivity (Wildman–Crippen MR) is 83.8 cm³/mol. The Morgan fingerprint density at radius 3 is 2.67 bits per heavy atom. The fourth-order valence-electron chi connectivity index (χ4n) is 2.37. The van der Waals surface area contributed by atoms with Gasteiger partial charge in [0.1, 0.15) is 12.4 Å². The first kappa shape index (κ1) is 16.3. The molecule has 0 bridgehead atoms. The molecule has 1 N–H and O–H groups in total. The van der Waals surface area contributed by atoms with Gasteiger partial charge in [0.15, 0.2) is 0 Å². The Morgan fingerprint density at radius 1 is 1.14 bits per heavy atom. The van der Waals surface area contributed by atoms with Crippen molar-refractivity contribution in [2.45, 2.75) is 44.9 Å². The summed E-state index contributed by atoms with van der Waals surface area (Å²) < 4.78 is 17.2. The number of benzene rings is 1. The summed E-state index contributed by atoms with van der Waals surface area (Å²) >= 11 is 0. The van der Waals surface area contributed by atoms with Crippen LogP contribution in [0.5, 0.6) is 5.75 Å². The van der Waals surface area contributed by atoms with Crippen LogP contribution in [0.2, 0.25) is 0 Å². The molecule has 2 atom stereocenters. The molecule has 2 unspecified atom stereocenters. The highest BCUT2D eigenvalue weighted by atomic mass is 16.6. The van der Waals surface area contributed by atoms with E-state index in [1.54, 1.807) is 0 Å². The van der Waals surface area contributed by atoms with Gasteiger partial charge in [-0.2, -0.15) is 0 Å². The number of ether oxygens (including phenoxy) is 3. The number of nitrogens with one attached hydrogen (secondary N) is 1. The largest absolute Gasteiger partial charge is 0.491 e. The van der Waals surface area contributed by atoms with E-state index in [9.17, 15) is 0 Å². The molecular weight excluding hydrogens is 266 g/mol. The highest BCUT2D eigenvalue weighted by Crippen LogP contribution is 2.19. The maximum atomic E-state index is 5.95. The van der Waals surface area contributed by atoms with Crippen LogP contribution in [0.4, 0.5) is 0 Å². The molecule has 4 nitrogen and oxygen atoms in total. The Bertz CT molecular complexity index is 383. The Morgan fingerprint density at radius 2 is 1.90 bits per heavy atom. The van der Waals surface area contributed by atoms with Gasteiger partial charge in [-0.25, -0.2) is 0 Å². The van der Waals surface area contributed by atoms with Gasteiger partial charge in [-0.3, -0.25) is 0 Å². The average Bonchev–Trinajstić information content (AvgIpc) is 2.94. The van der Waals surface area contributed by atoms with E-state index in [2.05, 4.69) is 19.2 Å². The first-order valence-corrected chi connectivity index (χ1v) is 7.88. The molecule has 0 amide bonds. The second kappa shape index (κ2) is 9.03. The molecule has 1 aliphatic heterocycles. The molecule has 118 valence electrons. The Labute approximate surface area is 127 Å². The molecule has 1 aromatic carbocycles. The zero-order valence-corrected chi connectivity index (χ0v) is 13.1. The zero-order valence-electron chi connectivity index (χ0n) is 13.1. The van der Waals surface area contributed by atoms with Gasteiger partial charge in [0, 0.05) is 12.6 Å². The van der Waals surface area contributed by atoms with Gasteiger partial charge >= 0.3 is 0 Å². The van der Waals surface area contributed by atoms with E-state index < -0.39 is 0 Å². The molecule has 1 fully saturated rings. The smallest absolute Gasteiger partial charge is 0.119 e. The quantitative estimate of drug-likeness (QED) is 0.711. The average molecular weight is 293 g/mol. The fourth-order valence-corrected chi connectivity index (χ4v) is 2.37. The first-order valence-electron chi connectivity index (χ1n) is 7.88. The molecule has 1 aromatic rings. The first-order chi connectivity index (χ1) is 10.2. The molecule has 21 heavy (non-hydrogen) atoms. The maximum absolute atomic E-state index is 5.95. The lowest BCUT2D eigenvalue weighted by Crippen LogP contribution is -2.32. The van der Waals surface area contributed by atoms with Gasteiger partial charge < -0.3 is 19.5 Å². The molecule has 4 heteroatoms. The van der Waals surface area contributed by atoms with E-state index in [4.69, 9.17) is 14.2 Å². The van der Waals surface area contributed by atoms with Gasteiger partial charge in [-0.05, 0) is 25.0 Å². The van der Waals surface area contributed by atoms with Gasteiger partial charge in [-0.15, -0.1) is 0 Å². The zero-order chi connectivity index (χ0) is 14.9. The molecule has 0 spiro atoms. The van der Waals surface area contributed by atoms with Crippen LogP contribution < -0.4 is 10.1 Å². The Kier molecular flexibility index (Phi) is 7.00. The van der Waals surface area contributed by atoms with E-state index in [-0.39, 0.29) is 6.10 Å². The van der Waals surface area contributed by atoms with Crippen molar-refractivity contribution in [1.82, 2.24) is 5.32 Å². The minimum Gasteiger partial charge on any atom is -0.491 e. The van der Waals surface area contributed by atoms with E-state index >= 15 is 0 Å². The lowest BCUT2D eigenvalue weighted by atomic mass is 10.2. The molecule has 2 rings (SSSR count). The molecule has 1 aliphatic rings. The second-order valence-corrected chi connectivity index (χ2v) is 5.76. The summed E-state index contributed by atoms with van der Waals surface area (Å²) in [5.41, 5.74) is 0. The number of hydrogen-bond acceptors (Lipinski definition) is 4. The SMILES string of the molecule is CC(C)NCC1CCC(COCCOc2ccccc2)O1. The fraction of sp³-hybridized carbons (Fsp3) is 0.647. The highest BCUT2D eigenvalue weighted by molar-refractivity contribution is 5.20. The van der Waals surface area contributed by atoms with E-state index in [1.807, 2.05) is 30.3 Å². The summed E-state index contributed by atoms with van der Waals surface area (Å²) in [7, 11) is 0. The molecule has 0 aromatic heterocycles. The monoisotopic (exact) mass is 293 g/mol. The van der Waals surface area contributed by atoms with Crippen molar-refractivity contribution in [2.24, 2.45) is 0 Å². The lowest BCUT2D eigenvalue weighted by molar-refractivity contribution is -0.0198. The standard InChI is InChI=1S/C17H27NO3/c1-14(2)18-12-16-8-9-17(21-16)13-19-10-11-20-15-6-4-3-5-7-15/h3-7,14,16-18H,8-13H2,1-2H3. The molecular formula is C17H27NO3. The third kappa shape index (κ3) is 6.46. The molecule has 0 saturated carbocycles. The minimum absolute atomic E-state index is 0.237. The minimum atomic E-state index is 0.237. The van der Waals surface area contributed by atoms with Gasteiger partial charge in [0.25, 0.3) is 0 Å². The van der Waals surface area contributed by atoms with Crippen LogP contribution in [0.1, 0.15) is 26.7 Å². The molecule has 1 heterocycles. The highest BCUT2D eigenvalue weighted by Gasteiger charge is 2.25. The van der Waals surface area contributed by atoms with Gasteiger partial charge in [-0.1, -0.05) is 32.0 Å². The van der Waals surface area contributed by atoms with Crippen molar-refractivity contribution in [3.05, 3.63) is 30.3 Å². The third-order valence-electron chi connectivity index (χ3n) is 3.49. The molecule has 0 aliphatic carbocycles. The van der Waals surface area contributed by atoms with Crippen LogP contribution in [-0.4, -0.2) is 44.6 Å².